The SMILES string of the molecule is COc1ccc2c(c1O)CO/C(=C\c1ccccc1)C2=O. The number of allylic oxidation sites excluding steroid dienone is 1. The zero-order chi connectivity index (χ0) is 14.8. The lowest BCUT2D eigenvalue weighted by atomic mass is 9.98. The summed E-state index contributed by atoms with van der Waals surface area (Å²) in [5.41, 5.74) is 1.80. The van der Waals surface area contributed by atoms with Crippen LogP contribution in [0.1, 0.15) is 21.5 Å². The summed E-state index contributed by atoms with van der Waals surface area (Å²) in [6, 6.07) is 12.7. The number of ether oxygens (including phenoxy) is 2. The highest BCUT2D eigenvalue weighted by molar-refractivity contribution is 6.12. The Hall–Kier alpha value is -2.75. The van der Waals surface area contributed by atoms with Gasteiger partial charge < -0.3 is 14.6 Å². The number of hydrogen-bond acceptors (Lipinski definition) is 4. The molecule has 1 heterocycles. The molecule has 1 N–H and O–H groups in total. The summed E-state index contributed by atoms with van der Waals surface area (Å²) in [5.74, 6) is 0.332. The number of hydrogen-bond donors (Lipinski definition) is 1. The van der Waals surface area contributed by atoms with E-state index in [0.29, 0.717) is 16.9 Å². The predicted octanol–water partition coefficient (Wildman–Crippen LogP) is 3.15. The largest absolute Gasteiger partial charge is 0.504 e. The fourth-order valence-electron chi connectivity index (χ4n) is 2.29. The topological polar surface area (TPSA) is 55.8 Å². The minimum Gasteiger partial charge on any atom is -0.504 e. The molecule has 2 aromatic carbocycles. The first-order valence-electron chi connectivity index (χ1n) is 6.54. The van der Waals surface area contributed by atoms with Gasteiger partial charge in [-0.05, 0) is 23.8 Å². The quantitative estimate of drug-likeness (QED) is 0.860. The number of Topliss-reactive ketones (excluding diaryl/α,β-unsaturated/α-hetero) is 1. The maximum atomic E-state index is 12.4. The number of rotatable bonds is 2. The van der Waals surface area contributed by atoms with Gasteiger partial charge in [0.15, 0.2) is 17.3 Å². The number of carbonyl (C=O) groups excluding carboxylic acids is 1. The fraction of sp³-hybridized carbons (Fsp3) is 0.118. The van der Waals surface area contributed by atoms with Crippen molar-refractivity contribution in [3.05, 3.63) is 64.9 Å². The molecule has 0 atom stereocenters. The molecule has 0 saturated heterocycles. The lowest BCUT2D eigenvalue weighted by Gasteiger charge is -2.20. The summed E-state index contributed by atoms with van der Waals surface area (Å²) in [7, 11) is 1.47. The molecule has 1 aliphatic rings. The maximum absolute atomic E-state index is 12.4. The molecule has 0 fully saturated rings. The van der Waals surface area contributed by atoms with Crippen LogP contribution in [-0.2, 0) is 11.3 Å². The first-order valence-corrected chi connectivity index (χ1v) is 6.54. The Bertz CT molecular complexity index is 717. The average Bonchev–Trinajstić information content (AvgIpc) is 2.52. The maximum Gasteiger partial charge on any atom is 0.228 e. The van der Waals surface area contributed by atoms with Crippen molar-refractivity contribution in [1.29, 1.82) is 0 Å². The van der Waals surface area contributed by atoms with Gasteiger partial charge in [-0.15, -0.1) is 0 Å². The van der Waals surface area contributed by atoms with Crippen LogP contribution in [0.5, 0.6) is 11.5 Å². The average molecular weight is 282 g/mol. The third-order valence-electron chi connectivity index (χ3n) is 3.40. The summed E-state index contributed by atoms with van der Waals surface area (Å²) in [4.78, 5) is 12.4. The van der Waals surface area contributed by atoms with Crippen molar-refractivity contribution < 1.29 is 19.4 Å². The van der Waals surface area contributed by atoms with E-state index in [0.717, 1.165) is 5.56 Å². The summed E-state index contributed by atoms with van der Waals surface area (Å²) in [5, 5.41) is 10.1. The second-order valence-electron chi connectivity index (χ2n) is 4.68. The summed E-state index contributed by atoms with van der Waals surface area (Å²) in [6.07, 6.45) is 1.70. The van der Waals surface area contributed by atoms with Gasteiger partial charge in [0.2, 0.25) is 5.78 Å². The number of aromatic hydroxyl groups is 1. The highest BCUT2D eigenvalue weighted by Crippen LogP contribution is 2.37. The van der Waals surface area contributed by atoms with E-state index in [4.69, 9.17) is 9.47 Å². The van der Waals surface area contributed by atoms with E-state index >= 15 is 0 Å². The Morgan fingerprint density at radius 3 is 2.67 bits per heavy atom. The van der Waals surface area contributed by atoms with Crippen LogP contribution < -0.4 is 4.74 Å². The number of benzene rings is 2. The van der Waals surface area contributed by atoms with E-state index in [1.807, 2.05) is 30.3 Å². The van der Waals surface area contributed by atoms with Crippen LogP contribution in [-0.4, -0.2) is 18.0 Å². The molecule has 4 heteroatoms. The standard InChI is InChI=1S/C17H14O4/c1-20-14-8-7-12-13(17(14)19)10-21-15(16(12)18)9-11-5-3-2-4-6-11/h2-9,19H,10H2,1H3/b15-9-. The van der Waals surface area contributed by atoms with Gasteiger partial charge in [0.25, 0.3) is 0 Å². The van der Waals surface area contributed by atoms with Gasteiger partial charge in [-0.3, -0.25) is 4.79 Å². The van der Waals surface area contributed by atoms with E-state index in [-0.39, 0.29) is 23.9 Å². The van der Waals surface area contributed by atoms with Crippen molar-refractivity contribution in [1.82, 2.24) is 0 Å². The minimum atomic E-state index is -0.238. The molecule has 2 aromatic rings. The van der Waals surface area contributed by atoms with E-state index in [1.165, 1.54) is 7.11 Å². The molecule has 0 spiro atoms. The highest BCUT2D eigenvalue weighted by atomic mass is 16.5. The molecule has 0 amide bonds. The van der Waals surface area contributed by atoms with Crippen LogP contribution in [0.4, 0.5) is 0 Å². The predicted molar refractivity (Wildman–Crippen MR) is 78.2 cm³/mol. The van der Waals surface area contributed by atoms with Crippen LogP contribution in [0, 0.1) is 0 Å². The Labute approximate surface area is 122 Å². The van der Waals surface area contributed by atoms with E-state index in [9.17, 15) is 9.90 Å². The molecule has 0 saturated carbocycles. The van der Waals surface area contributed by atoms with Gasteiger partial charge in [0, 0.05) is 11.1 Å². The summed E-state index contributed by atoms with van der Waals surface area (Å²) in [6.45, 7) is 0.142. The number of phenolic OH excluding ortho intramolecular Hbond substituents is 1. The van der Waals surface area contributed by atoms with Crippen LogP contribution in [0.25, 0.3) is 6.08 Å². The fourth-order valence-corrected chi connectivity index (χ4v) is 2.29. The normalized spacial score (nSPS) is 15.5. The van der Waals surface area contributed by atoms with Gasteiger partial charge >= 0.3 is 0 Å². The molecule has 0 aliphatic carbocycles. The summed E-state index contributed by atoms with van der Waals surface area (Å²) >= 11 is 0. The first kappa shape index (κ1) is 13.2. The monoisotopic (exact) mass is 282 g/mol. The van der Waals surface area contributed by atoms with E-state index in [2.05, 4.69) is 0 Å². The Kier molecular flexibility index (Phi) is 3.36. The Balaban J connectivity index is 2.00. The lowest BCUT2D eigenvalue weighted by Crippen LogP contribution is -2.16. The van der Waals surface area contributed by atoms with Gasteiger partial charge in [0.1, 0.15) is 6.61 Å². The molecular formula is C17H14O4. The second kappa shape index (κ2) is 5.32. The molecule has 21 heavy (non-hydrogen) atoms. The van der Waals surface area contributed by atoms with Crippen molar-refractivity contribution in [2.45, 2.75) is 6.61 Å². The first-order chi connectivity index (χ1) is 10.2. The molecule has 0 aromatic heterocycles. The molecule has 4 nitrogen and oxygen atoms in total. The molecule has 3 rings (SSSR count). The van der Waals surface area contributed by atoms with Crippen LogP contribution in [0.2, 0.25) is 0 Å². The second-order valence-corrected chi connectivity index (χ2v) is 4.68. The van der Waals surface area contributed by atoms with Gasteiger partial charge in [-0.25, -0.2) is 0 Å². The van der Waals surface area contributed by atoms with Crippen molar-refractivity contribution in [3.63, 3.8) is 0 Å². The van der Waals surface area contributed by atoms with Gasteiger partial charge in [-0.2, -0.15) is 0 Å². The molecule has 106 valence electrons. The van der Waals surface area contributed by atoms with Gasteiger partial charge in [-0.1, -0.05) is 30.3 Å². The smallest absolute Gasteiger partial charge is 0.228 e. The number of phenols is 1. The molecule has 0 unspecified atom stereocenters. The van der Waals surface area contributed by atoms with Crippen LogP contribution in [0.15, 0.2) is 48.2 Å². The molecule has 0 radical (unpaired) electrons. The number of ketones is 1. The Morgan fingerprint density at radius 2 is 1.95 bits per heavy atom. The van der Waals surface area contributed by atoms with E-state index < -0.39 is 0 Å². The highest BCUT2D eigenvalue weighted by Gasteiger charge is 2.27. The van der Waals surface area contributed by atoms with E-state index in [1.54, 1.807) is 18.2 Å². The molecule has 1 aliphatic heterocycles. The zero-order valence-corrected chi connectivity index (χ0v) is 11.5. The number of methoxy groups -OCH3 is 1. The van der Waals surface area contributed by atoms with Crippen molar-refractivity contribution in [3.8, 4) is 11.5 Å². The third kappa shape index (κ3) is 2.36. The minimum absolute atomic E-state index is 0.0397. The van der Waals surface area contributed by atoms with Crippen LogP contribution >= 0.6 is 0 Å². The van der Waals surface area contributed by atoms with Crippen molar-refractivity contribution >= 4 is 11.9 Å². The third-order valence-corrected chi connectivity index (χ3v) is 3.40. The van der Waals surface area contributed by atoms with Crippen LogP contribution in [0.3, 0.4) is 0 Å². The molecule has 0 bridgehead atoms. The Morgan fingerprint density at radius 1 is 1.19 bits per heavy atom. The van der Waals surface area contributed by atoms with Gasteiger partial charge in [0.05, 0.1) is 7.11 Å². The molecular weight excluding hydrogens is 268 g/mol. The van der Waals surface area contributed by atoms with Crippen molar-refractivity contribution in [2.24, 2.45) is 0 Å². The summed E-state index contributed by atoms with van der Waals surface area (Å²) < 4.78 is 10.5. The van der Waals surface area contributed by atoms with Crippen molar-refractivity contribution in [2.75, 3.05) is 7.11 Å². The lowest BCUT2D eigenvalue weighted by molar-refractivity contribution is 0.0866. The number of carbonyl (C=O) groups is 1. The zero-order valence-electron chi connectivity index (χ0n) is 11.5. The number of fused-ring (bicyclic) bond motifs is 1.